The lowest BCUT2D eigenvalue weighted by Crippen LogP contribution is -2.02. The van der Waals surface area contributed by atoms with Crippen molar-refractivity contribution in [1.82, 2.24) is 0 Å². The van der Waals surface area contributed by atoms with Gasteiger partial charge in [-0.3, -0.25) is 4.79 Å². The summed E-state index contributed by atoms with van der Waals surface area (Å²) >= 11 is 0. The largest absolute Gasteiger partial charge is 0.508 e. The molecule has 21 heavy (non-hydrogen) atoms. The Labute approximate surface area is 120 Å². The number of rotatable bonds is 1. The van der Waals surface area contributed by atoms with Gasteiger partial charge in [0.15, 0.2) is 17.3 Å². The molecule has 0 bridgehead atoms. The van der Waals surface area contributed by atoms with Crippen molar-refractivity contribution in [3.05, 3.63) is 46.6 Å². The number of hydrogen-bond donors (Lipinski definition) is 4. The average molecular weight is 290 g/mol. The van der Waals surface area contributed by atoms with E-state index in [1.54, 1.807) is 0 Å². The summed E-state index contributed by atoms with van der Waals surface area (Å²) in [4.78, 5) is 12.1. The van der Waals surface area contributed by atoms with E-state index in [1.807, 2.05) is 0 Å². The minimum Gasteiger partial charge on any atom is -0.508 e. The van der Waals surface area contributed by atoms with Crippen molar-refractivity contribution in [1.29, 1.82) is 0 Å². The summed E-state index contributed by atoms with van der Waals surface area (Å²) in [5.74, 6) is -1.60. The zero-order valence-electron chi connectivity index (χ0n) is 10.6. The van der Waals surface area contributed by atoms with Crippen LogP contribution in [0, 0.1) is 0 Å². The van der Waals surface area contributed by atoms with Crippen LogP contribution in [0.3, 0.4) is 0 Å². The molecule has 3 rings (SSSR count). The van der Waals surface area contributed by atoms with Crippen molar-refractivity contribution in [3.8, 4) is 34.3 Å². The first-order valence-electron chi connectivity index (χ1n) is 5.98. The standard InChI is InChI=1S/C15H10O6.2H2/c16-8-2-3-9-12(6-8)21-15(14(20)13(9)19)7-1-4-10(17)11(18)5-7;;/h1-6,16-18,20H;2*1H. The summed E-state index contributed by atoms with van der Waals surface area (Å²) in [7, 11) is 0. The van der Waals surface area contributed by atoms with E-state index in [-0.39, 0.29) is 36.6 Å². The molecule has 0 aliphatic heterocycles. The van der Waals surface area contributed by atoms with E-state index < -0.39 is 16.9 Å². The SMILES string of the molecule is O=c1c(O)c(-c2ccc(O)c(O)c2)oc2cc(O)ccc12.[HH].[HH]. The van der Waals surface area contributed by atoms with Gasteiger partial charge in [0.1, 0.15) is 11.3 Å². The van der Waals surface area contributed by atoms with Gasteiger partial charge in [0.2, 0.25) is 11.2 Å². The molecular weight excluding hydrogens is 276 g/mol. The highest BCUT2D eigenvalue weighted by molar-refractivity contribution is 5.83. The molecule has 1 heterocycles. The third-order valence-corrected chi connectivity index (χ3v) is 3.09. The van der Waals surface area contributed by atoms with Crippen molar-refractivity contribution in [2.75, 3.05) is 0 Å². The lowest BCUT2D eigenvalue weighted by Gasteiger charge is -2.07. The van der Waals surface area contributed by atoms with Crippen LogP contribution in [0.5, 0.6) is 23.0 Å². The second-order valence-electron chi connectivity index (χ2n) is 4.49. The fourth-order valence-electron chi connectivity index (χ4n) is 2.03. The van der Waals surface area contributed by atoms with Gasteiger partial charge in [-0.1, -0.05) is 0 Å². The van der Waals surface area contributed by atoms with Gasteiger partial charge in [0.25, 0.3) is 0 Å². The molecule has 0 saturated heterocycles. The maximum absolute atomic E-state index is 12.1. The lowest BCUT2D eigenvalue weighted by atomic mass is 10.1. The van der Waals surface area contributed by atoms with Crippen LogP contribution < -0.4 is 5.43 Å². The van der Waals surface area contributed by atoms with Crippen LogP contribution in [-0.4, -0.2) is 20.4 Å². The predicted octanol–water partition coefficient (Wildman–Crippen LogP) is 2.77. The molecule has 0 aliphatic rings. The molecule has 1 aromatic heterocycles. The van der Waals surface area contributed by atoms with Crippen LogP contribution in [0.1, 0.15) is 2.85 Å². The zero-order chi connectivity index (χ0) is 15.1. The van der Waals surface area contributed by atoms with Crippen molar-refractivity contribution in [2.45, 2.75) is 0 Å². The number of hydrogen-bond acceptors (Lipinski definition) is 6. The zero-order valence-corrected chi connectivity index (χ0v) is 10.6. The van der Waals surface area contributed by atoms with Gasteiger partial charge in [0.05, 0.1) is 5.39 Å². The molecule has 6 heteroatoms. The highest BCUT2D eigenvalue weighted by Crippen LogP contribution is 2.35. The summed E-state index contributed by atoms with van der Waals surface area (Å²) in [6.45, 7) is 0. The predicted molar refractivity (Wildman–Crippen MR) is 78.8 cm³/mol. The average Bonchev–Trinajstić information content (AvgIpc) is 2.45. The molecular formula is C15H14O6. The van der Waals surface area contributed by atoms with E-state index in [0.717, 1.165) is 6.07 Å². The van der Waals surface area contributed by atoms with Crippen LogP contribution in [0.4, 0.5) is 0 Å². The van der Waals surface area contributed by atoms with E-state index >= 15 is 0 Å². The topological polar surface area (TPSA) is 111 Å². The van der Waals surface area contributed by atoms with Crippen LogP contribution >= 0.6 is 0 Å². The second-order valence-corrected chi connectivity index (χ2v) is 4.49. The molecule has 0 atom stereocenters. The highest BCUT2D eigenvalue weighted by atomic mass is 16.4. The van der Waals surface area contributed by atoms with Gasteiger partial charge in [-0.2, -0.15) is 0 Å². The molecule has 0 amide bonds. The van der Waals surface area contributed by atoms with Gasteiger partial charge in [-0.05, 0) is 30.3 Å². The fourth-order valence-corrected chi connectivity index (χ4v) is 2.03. The van der Waals surface area contributed by atoms with Gasteiger partial charge < -0.3 is 24.8 Å². The van der Waals surface area contributed by atoms with Crippen molar-refractivity contribution < 1.29 is 27.7 Å². The Morgan fingerprint density at radius 2 is 1.67 bits per heavy atom. The number of benzene rings is 2. The molecule has 4 N–H and O–H groups in total. The summed E-state index contributed by atoms with van der Waals surface area (Å²) in [6.07, 6.45) is 0. The van der Waals surface area contributed by atoms with E-state index in [2.05, 4.69) is 0 Å². The van der Waals surface area contributed by atoms with Gasteiger partial charge in [-0.15, -0.1) is 0 Å². The number of phenolic OH excluding ortho intramolecular Hbond substituents is 3. The molecule has 110 valence electrons. The quantitative estimate of drug-likeness (QED) is 0.513. The first kappa shape index (κ1) is 12.9. The first-order chi connectivity index (χ1) is 9.97. The number of phenols is 3. The van der Waals surface area contributed by atoms with Crippen molar-refractivity contribution in [2.24, 2.45) is 0 Å². The number of aromatic hydroxyl groups is 4. The van der Waals surface area contributed by atoms with E-state index in [1.165, 1.54) is 30.3 Å². The Balaban J connectivity index is 0.00000132. The first-order valence-corrected chi connectivity index (χ1v) is 5.98. The van der Waals surface area contributed by atoms with Crippen molar-refractivity contribution >= 4 is 11.0 Å². The lowest BCUT2D eigenvalue weighted by molar-refractivity contribution is 0.403. The van der Waals surface area contributed by atoms with Gasteiger partial charge >= 0.3 is 0 Å². The Kier molecular flexibility index (Phi) is 2.72. The fraction of sp³-hybridized carbons (Fsp3) is 0. The maximum Gasteiger partial charge on any atom is 0.235 e. The van der Waals surface area contributed by atoms with Gasteiger partial charge in [-0.25, -0.2) is 0 Å². The molecule has 0 radical (unpaired) electrons. The molecule has 6 nitrogen and oxygen atoms in total. The van der Waals surface area contributed by atoms with E-state index in [0.29, 0.717) is 0 Å². The molecule has 0 unspecified atom stereocenters. The summed E-state index contributed by atoms with van der Waals surface area (Å²) in [6, 6.07) is 7.64. The molecule has 0 spiro atoms. The molecule has 2 aromatic carbocycles. The van der Waals surface area contributed by atoms with Crippen LogP contribution in [0.15, 0.2) is 45.6 Å². The Bertz CT molecular complexity index is 920. The Hall–Kier alpha value is -3.15. The summed E-state index contributed by atoms with van der Waals surface area (Å²) < 4.78 is 5.43. The third kappa shape index (κ3) is 2.02. The second kappa shape index (κ2) is 4.45. The normalized spacial score (nSPS) is 10.9. The van der Waals surface area contributed by atoms with Crippen molar-refractivity contribution in [3.63, 3.8) is 0 Å². The monoisotopic (exact) mass is 290 g/mol. The molecule has 0 fully saturated rings. The van der Waals surface area contributed by atoms with E-state index in [4.69, 9.17) is 4.42 Å². The third-order valence-electron chi connectivity index (χ3n) is 3.09. The van der Waals surface area contributed by atoms with Crippen LogP contribution in [0.25, 0.3) is 22.3 Å². The highest BCUT2D eigenvalue weighted by Gasteiger charge is 2.16. The Morgan fingerprint density at radius 1 is 0.905 bits per heavy atom. The van der Waals surface area contributed by atoms with Gasteiger partial charge in [0, 0.05) is 14.5 Å². The summed E-state index contributed by atoms with van der Waals surface area (Å²) in [5.41, 5.74) is -0.343. The number of fused-ring (bicyclic) bond motifs is 1. The Morgan fingerprint density at radius 3 is 2.38 bits per heavy atom. The van der Waals surface area contributed by atoms with Crippen LogP contribution in [-0.2, 0) is 0 Å². The minimum atomic E-state index is -0.654. The summed E-state index contributed by atoms with van der Waals surface area (Å²) in [5, 5.41) is 38.3. The smallest absolute Gasteiger partial charge is 0.235 e. The maximum atomic E-state index is 12.1. The minimum absolute atomic E-state index is 0. The van der Waals surface area contributed by atoms with Crippen LogP contribution in [0.2, 0.25) is 0 Å². The van der Waals surface area contributed by atoms with E-state index in [9.17, 15) is 25.2 Å². The molecule has 0 aliphatic carbocycles. The molecule has 0 saturated carbocycles. The molecule has 3 aromatic rings.